The van der Waals surface area contributed by atoms with Gasteiger partial charge in [-0.25, -0.2) is 4.79 Å². The van der Waals surface area contributed by atoms with E-state index < -0.39 is 6.04 Å². The molecule has 0 aromatic carbocycles. The summed E-state index contributed by atoms with van der Waals surface area (Å²) in [5.74, 6) is -0.172. The summed E-state index contributed by atoms with van der Waals surface area (Å²) >= 11 is 0. The molecule has 1 heterocycles. The minimum Gasteiger partial charge on any atom is -0.467 e. The number of carbonyl (C=O) groups is 2. The second-order valence-electron chi connectivity index (χ2n) is 5.86. The lowest BCUT2D eigenvalue weighted by atomic mass is 10.0. The molecule has 0 radical (unpaired) electrons. The van der Waals surface area contributed by atoms with Crippen molar-refractivity contribution in [3.05, 3.63) is 0 Å². The Balaban J connectivity index is 2.46. The molecule has 1 saturated heterocycles. The molecule has 1 aliphatic heterocycles. The van der Waals surface area contributed by atoms with E-state index in [1.54, 1.807) is 0 Å². The first-order valence-electron chi connectivity index (χ1n) is 7.25. The van der Waals surface area contributed by atoms with Crippen molar-refractivity contribution in [1.82, 2.24) is 15.5 Å². The number of piperazine rings is 1. The van der Waals surface area contributed by atoms with Crippen molar-refractivity contribution in [2.75, 3.05) is 33.3 Å². The third-order valence-corrected chi connectivity index (χ3v) is 3.35. The number of nitrogens with zero attached hydrogens (tertiary/aromatic N) is 1. The van der Waals surface area contributed by atoms with E-state index in [1.807, 2.05) is 13.8 Å². The van der Waals surface area contributed by atoms with Crippen LogP contribution in [-0.2, 0) is 14.3 Å². The van der Waals surface area contributed by atoms with Crippen molar-refractivity contribution in [2.45, 2.75) is 39.3 Å². The number of ether oxygens (including phenoxy) is 1. The summed E-state index contributed by atoms with van der Waals surface area (Å²) in [6.45, 7) is 9.05. The standard InChI is InChI=1S/C14H27N3O3/c1-10(2)7-12(14(19)20-4)16-13(18)9-17-6-5-15-11(3)8-17/h10-12,15H,5-9H2,1-4H3,(H,16,18)/t11-,12?/m0/s1. The number of carbonyl (C=O) groups excluding carboxylic acids is 2. The van der Waals surface area contributed by atoms with Crippen molar-refractivity contribution in [3.63, 3.8) is 0 Å². The molecule has 0 aliphatic carbocycles. The van der Waals surface area contributed by atoms with E-state index in [0.29, 0.717) is 24.9 Å². The summed E-state index contributed by atoms with van der Waals surface area (Å²) in [5, 5.41) is 6.12. The van der Waals surface area contributed by atoms with Gasteiger partial charge in [0.15, 0.2) is 0 Å². The minimum atomic E-state index is -0.548. The Kier molecular flexibility index (Phi) is 6.95. The first kappa shape index (κ1) is 16.9. The molecule has 20 heavy (non-hydrogen) atoms. The Bertz CT molecular complexity index is 334. The van der Waals surface area contributed by atoms with Crippen molar-refractivity contribution in [1.29, 1.82) is 0 Å². The van der Waals surface area contributed by atoms with Crippen LogP contribution in [0.1, 0.15) is 27.2 Å². The maximum Gasteiger partial charge on any atom is 0.328 e. The third-order valence-electron chi connectivity index (χ3n) is 3.35. The highest BCUT2D eigenvalue weighted by atomic mass is 16.5. The minimum absolute atomic E-state index is 0.116. The highest BCUT2D eigenvalue weighted by molar-refractivity contribution is 5.85. The van der Waals surface area contributed by atoms with E-state index in [2.05, 4.69) is 22.5 Å². The summed E-state index contributed by atoms with van der Waals surface area (Å²) in [4.78, 5) is 25.8. The van der Waals surface area contributed by atoms with Gasteiger partial charge in [-0.2, -0.15) is 0 Å². The van der Waals surface area contributed by atoms with Crippen LogP contribution in [0, 0.1) is 5.92 Å². The molecule has 1 fully saturated rings. The van der Waals surface area contributed by atoms with Crippen molar-refractivity contribution in [3.8, 4) is 0 Å². The maximum absolute atomic E-state index is 12.0. The normalized spacial score (nSPS) is 21.6. The number of hydrogen-bond donors (Lipinski definition) is 2. The van der Waals surface area contributed by atoms with Crippen LogP contribution < -0.4 is 10.6 Å². The van der Waals surface area contributed by atoms with E-state index in [4.69, 9.17) is 4.74 Å². The fraction of sp³-hybridized carbons (Fsp3) is 0.857. The van der Waals surface area contributed by atoms with Gasteiger partial charge in [-0.3, -0.25) is 9.69 Å². The zero-order chi connectivity index (χ0) is 15.1. The number of methoxy groups -OCH3 is 1. The zero-order valence-electron chi connectivity index (χ0n) is 12.9. The van der Waals surface area contributed by atoms with E-state index in [1.165, 1.54) is 7.11 Å². The van der Waals surface area contributed by atoms with Gasteiger partial charge in [-0.15, -0.1) is 0 Å². The van der Waals surface area contributed by atoms with Crippen LogP contribution in [0.3, 0.4) is 0 Å². The molecule has 0 saturated carbocycles. The molecule has 116 valence electrons. The molecule has 6 heteroatoms. The third kappa shape index (κ3) is 5.88. The quantitative estimate of drug-likeness (QED) is 0.671. The van der Waals surface area contributed by atoms with Gasteiger partial charge in [0.2, 0.25) is 5.91 Å². The average Bonchev–Trinajstić information content (AvgIpc) is 2.36. The number of esters is 1. The molecule has 0 aromatic rings. The molecule has 0 bridgehead atoms. The van der Waals surface area contributed by atoms with Crippen LogP contribution in [0.25, 0.3) is 0 Å². The summed E-state index contributed by atoms with van der Waals surface area (Å²) in [5.41, 5.74) is 0. The second kappa shape index (κ2) is 8.21. The topological polar surface area (TPSA) is 70.7 Å². The Morgan fingerprint density at radius 2 is 2.15 bits per heavy atom. The predicted octanol–water partition coefficient (Wildman–Crippen LogP) is -0.0160. The van der Waals surface area contributed by atoms with Crippen LogP contribution in [0.2, 0.25) is 0 Å². The smallest absolute Gasteiger partial charge is 0.328 e. The molecule has 1 amide bonds. The Morgan fingerprint density at radius 3 is 2.70 bits per heavy atom. The molecule has 2 atom stereocenters. The number of hydrogen-bond acceptors (Lipinski definition) is 5. The van der Waals surface area contributed by atoms with Crippen molar-refractivity contribution in [2.24, 2.45) is 5.92 Å². The fourth-order valence-electron chi connectivity index (χ4n) is 2.43. The first-order chi connectivity index (χ1) is 9.42. The van der Waals surface area contributed by atoms with Gasteiger partial charge in [-0.05, 0) is 19.3 Å². The molecular formula is C14H27N3O3. The van der Waals surface area contributed by atoms with Gasteiger partial charge in [-0.1, -0.05) is 13.8 Å². The highest BCUT2D eigenvalue weighted by Crippen LogP contribution is 2.06. The summed E-state index contributed by atoms with van der Waals surface area (Å²) in [6, 6.07) is -0.156. The Hall–Kier alpha value is -1.14. The van der Waals surface area contributed by atoms with Crippen LogP contribution >= 0.6 is 0 Å². The van der Waals surface area contributed by atoms with E-state index in [0.717, 1.165) is 19.6 Å². The molecule has 2 N–H and O–H groups in total. The SMILES string of the molecule is COC(=O)C(CC(C)C)NC(=O)CN1CCN[C@@H](C)C1. The van der Waals surface area contributed by atoms with Gasteiger partial charge in [0.25, 0.3) is 0 Å². The lowest BCUT2D eigenvalue weighted by molar-refractivity contribution is -0.145. The Labute approximate surface area is 121 Å². The fourth-order valence-corrected chi connectivity index (χ4v) is 2.43. The predicted molar refractivity (Wildman–Crippen MR) is 77.3 cm³/mol. The van der Waals surface area contributed by atoms with Gasteiger partial charge in [0.1, 0.15) is 6.04 Å². The van der Waals surface area contributed by atoms with Crippen LogP contribution in [0.4, 0.5) is 0 Å². The monoisotopic (exact) mass is 285 g/mol. The molecule has 0 aromatic heterocycles. The van der Waals surface area contributed by atoms with Crippen LogP contribution in [0.15, 0.2) is 0 Å². The van der Waals surface area contributed by atoms with Gasteiger partial charge in [0.05, 0.1) is 13.7 Å². The lowest BCUT2D eigenvalue weighted by Gasteiger charge is -2.31. The van der Waals surface area contributed by atoms with E-state index >= 15 is 0 Å². The first-order valence-corrected chi connectivity index (χ1v) is 7.25. The summed E-state index contributed by atoms with van der Waals surface area (Å²) in [6.07, 6.45) is 0.594. The maximum atomic E-state index is 12.0. The molecule has 1 unspecified atom stereocenters. The zero-order valence-corrected chi connectivity index (χ0v) is 12.9. The number of amides is 1. The highest BCUT2D eigenvalue weighted by Gasteiger charge is 2.24. The molecule has 1 rings (SSSR count). The average molecular weight is 285 g/mol. The van der Waals surface area contributed by atoms with Crippen molar-refractivity contribution >= 4 is 11.9 Å². The second-order valence-corrected chi connectivity index (χ2v) is 5.86. The van der Waals surface area contributed by atoms with Crippen LogP contribution in [0.5, 0.6) is 0 Å². The molecule has 1 aliphatic rings. The van der Waals surface area contributed by atoms with Crippen LogP contribution in [-0.4, -0.2) is 62.1 Å². The summed E-state index contributed by atoms with van der Waals surface area (Å²) < 4.78 is 4.74. The van der Waals surface area contributed by atoms with Gasteiger partial charge >= 0.3 is 5.97 Å². The largest absolute Gasteiger partial charge is 0.467 e. The van der Waals surface area contributed by atoms with Gasteiger partial charge < -0.3 is 15.4 Å². The molecular weight excluding hydrogens is 258 g/mol. The number of nitrogens with one attached hydrogen (secondary N) is 2. The van der Waals surface area contributed by atoms with E-state index in [-0.39, 0.29) is 11.9 Å². The Morgan fingerprint density at radius 1 is 1.45 bits per heavy atom. The van der Waals surface area contributed by atoms with Crippen molar-refractivity contribution < 1.29 is 14.3 Å². The molecule has 0 spiro atoms. The summed E-state index contributed by atoms with van der Waals surface area (Å²) in [7, 11) is 1.35. The van der Waals surface area contributed by atoms with Gasteiger partial charge in [0, 0.05) is 25.7 Å². The lowest BCUT2D eigenvalue weighted by Crippen LogP contribution is -2.53. The molecule has 6 nitrogen and oxygen atoms in total. The van der Waals surface area contributed by atoms with E-state index in [9.17, 15) is 9.59 Å². The number of rotatable bonds is 6.